The lowest BCUT2D eigenvalue weighted by Gasteiger charge is -2.10. The largest absolute Gasteiger partial charge is 0.480 e. The van der Waals surface area contributed by atoms with Crippen molar-refractivity contribution in [3.05, 3.63) is 24.0 Å². The monoisotopic (exact) mass is 183 g/mol. The molecule has 0 radical (unpaired) electrons. The SMILES string of the molecule is CC(C(=O)O)n1cccc1C(=O)O. The normalized spacial score (nSPS) is 12.4. The Labute approximate surface area is 74.2 Å². The highest BCUT2D eigenvalue weighted by atomic mass is 16.4. The number of hydrogen-bond acceptors (Lipinski definition) is 2. The van der Waals surface area contributed by atoms with Gasteiger partial charge in [0.25, 0.3) is 0 Å². The zero-order chi connectivity index (χ0) is 10.0. The van der Waals surface area contributed by atoms with E-state index in [0.29, 0.717) is 0 Å². The van der Waals surface area contributed by atoms with Crippen LogP contribution in [0, 0.1) is 0 Å². The number of aromatic carboxylic acids is 1. The van der Waals surface area contributed by atoms with Crippen molar-refractivity contribution in [3.8, 4) is 0 Å². The van der Waals surface area contributed by atoms with Crippen LogP contribution < -0.4 is 0 Å². The number of nitrogens with zero attached hydrogens (tertiary/aromatic N) is 1. The van der Waals surface area contributed by atoms with Gasteiger partial charge in [-0.25, -0.2) is 9.59 Å². The molecule has 1 rings (SSSR count). The third-order valence-electron chi connectivity index (χ3n) is 1.77. The predicted octanol–water partition coefficient (Wildman–Crippen LogP) is 0.832. The standard InChI is InChI=1S/C8H9NO4/c1-5(7(10)11)9-4-2-3-6(9)8(12)13/h2-5H,1H3,(H,10,11)(H,12,13). The van der Waals surface area contributed by atoms with Gasteiger partial charge in [-0.05, 0) is 19.1 Å². The van der Waals surface area contributed by atoms with Gasteiger partial charge in [0.05, 0.1) is 0 Å². The first-order valence-electron chi connectivity index (χ1n) is 3.67. The topological polar surface area (TPSA) is 79.5 Å². The molecule has 5 heteroatoms. The van der Waals surface area contributed by atoms with E-state index < -0.39 is 18.0 Å². The molecular weight excluding hydrogens is 174 g/mol. The molecule has 0 aliphatic rings. The molecular formula is C8H9NO4. The second-order valence-electron chi connectivity index (χ2n) is 2.62. The first-order valence-corrected chi connectivity index (χ1v) is 3.67. The molecule has 0 amide bonds. The number of carboxylic acids is 2. The summed E-state index contributed by atoms with van der Waals surface area (Å²) in [5.41, 5.74) is -0.0186. The van der Waals surface area contributed by atoms with Gasteiger partial charge < -0.3 is 14.8 Å². The fourth-order valence-corrected chi connectivity index (χ4v) is 1.03. The van der Waals surface area contributed by atoms with E-state index in [4.69, 9.17) is 10.2 Å². The van der Waals surface area contributed by atoms with Crippen LogP contribution in [0.4, 0.5) is 0 Å². The molecule has 0 bridgehead atoms. The lowest BCUT2D eigenvalue weighted by atomic mass is 10.3. The summed E-state index contributed by atoms with van der Waals surface area (Å²) in [6.07, 6.45) is 1.43. The van der Waals surface area contributed by atoms with Crippen LogP contribution in [0.25, 0.3) is 0 Å². The van der Waals surface area contributed by atoms with E-state index >= 15 is 0 Å². The summed E-state index contributed by atoms with van der Waals surface area (Å²) >= 11 is 0. The van der Waals surface area contributed by atoms with Crippen LogP contribution in [0.15, 0.2) is 18.3 Å². The fourth-order valence-electron chi connectivity index (χ4n) is 1.03. The summed E-state index contributed by atoms with van der Waals surface area (Å²) < 4.78 is 1.20. The molecule has 0 aliphatic heterocycles. The summed E-state index contributed by atoms with van der Waals surface area (Å²) in [4.78, 5) is 21.2. The van der Waals surface area contributed by atoms with Crippen molar-refractivity contribution in [2.24, 2.45) is 0 Å². The van der Waals surface area contributed by atoms with Crippen molar-refractivity contribution in [1.29, 1.82) is 0 Å². The summed E-state index contributed by atoms with van der Waals surface area (Å²) in [5.74, 6) is -2.18. The average Bonchev–Trinajstić information content (AvgIpc) is 2.50. The van der Waals surface area contributed by atoms with Gasteiger partial charge in [0, 0.05) is 6.20 Å². The highest BCUT2D eigenvalue weighted by Gasteiger charge is 2.18. The second-order valence-corrected chi connectivity index (χ2v) is 2.62. The van der Waals surface area contributed by atoms with Gasteiger partial charge in [-0.2, -0.15) is 0 Å². The van der Waals surface area contributed by atoms with Gasteiger partial charge in [-0.1, -0.05) is 0 Å². The lowest BCUT2D eigenvalue weighted by Crippen LogP contribution is -2.18. The van der Waals surface area contributed by atoms with Crippen molar-refractivity contribution in [3.63, 3.8) is 0 Å². The molecule has 1 heterocycles. The highest BCUT2D eigenvalue weighted by Crippen LogP contribution is 2.11. The Kier molecular flexibility index (Phi) is 2.36. The molecule has 5 nitrogen and oxygen atoms in total. The third kappa shape index (κ3) is 1.69. The fraction of sp³-hybridized carbons (Fsp3) is 0.250. The van der Waals surface area contributed by atoms with E-state index in [-0.39, 0.29) is 5.69 Å². The Morgan fingerprint density at radius 2 is 2.08 bits per heavy atom. The molecule has 1 aromatic rings. The van der Waals surface area contributed by atoms with Crippen molar-refractivity contribution in [1.82, 2.24) is 4.57 Å². The van der Waals surface area contributed by atoms with E-state index in [2.05, 4.69) is 0 Å². The zero-order valence-corrected chi connectivity index (χ0v) is 6.97. The summed E-state index contributed by atoms with van der Waals surface area (Å²) in [7, 11) is 0. The maximum absolute atomic E-state index is 10.6. The average molecular weight is 183 g/mol. The molecule has 0 saturated carbocycles. The van der Waals surface area contributed by atoms with Crippen LogP contribution >= 0.6 is 0 Å². The predicted molar refractivity (Wildman–Crippen MR) is 43.7 cm³/mol. The molecule has 70 valence electrons. The first-order chi connectivity index (χ1) is 6.04. The Morgan fingerprint density at radius 3 is 2.54 bits per heavy atom. The van der Waals surface area contributed by atoms with Crippen LogP contribution in [0.2, 0.25) is 0 Å². The summed E-state index contributed by atoms with van der Waals surface area (Å²) in [6, 6.07) is 2.01. The zero-order valence-electron chi connectivity index (χ0n) is 6.97. The molecule has 0 saturated heterocycles. The molecule has 1 aromatic heterocycles. The van der Waals surface area contributed by atoms with Gasteiger partial charge >= 0.3 is 11.9 Å². The van der Waals surface area contributed by atoms with E-state index in [1.807, 2.05) is 0 Å². The van der Waals surface area contributed by atoms with E-state index in [1.165, 1.54) is 29.8 Å². The van der Waals surface area contributed by atoms with Gasteiger partial charge in [-0.15, -0.1) is 0 Å². The second kappa shape index (κ2) is 3.30. The van der Waals surface area contributed by atoms with Crippen molar-refractivity contribution >= 4 is 11.9 Å². The van der Waals surface area contributed by atoms with Gasteiger partial charge in [0.1, 0.15) is 11.7 Å². The molecule has 0 fully saturated rings. The van der Waals surface area contributed by atoms with Crippen molar-refractivity contribution < 1.29 is 19.8 Å². The molecule has 13 heavy (non-hydrogen) atoms. The number of carbonyl (C=O) groups is 2. The number of aromatic nitrogens is 1. The number of rotatable bonds is 3. The molecule has 0 aromatic carbocycles. The Morgan fingerprint density at radius 1 is 1.46 bits per heavy atom. The van der Waals surface area contributed by atoms with E-state index in [1.54, 1.807) is 0 Å². The van der Waals surface area contributed by atoms with Gasteiger partial charge in [-0.3, -0.25) is 0 Å². The quantitative estimate of drug-likeness (QED) is 0.727. The maximum Gasteiger partial charge on any atom is 0.352 e. The molecule has 1 atom stereocenters. The Balaban J connectivity index is 3.07. The van der Waals surface area contributed by atoms with E-state index in [9.17, 15) is 9.59 Å². The minimum absolute atomic E-state index is 0.0186. The molecule has 0 aliphatic carbocycles. The highest BCUT2D eigenvalue weighted by molar-refractivity contribution is 5.86. The lowest BCUT2D eigenvalue weighted by molar-refractivity contribution is -0.140. The molecule has 2 N–H and O–H groups in total. The van der Waals surface area contributed by atoms with Crippen LogP contribution in [0.1, 0.15) is 23.5 Å². The van der Waals surface area contributed by atoms with Crippen LogP contribution in [-0.4, -0.2) is 26.7 Å². The smallest absolute Gasteiger partial charge is 0.352 e. The Bertz CT molecular complexity index is 342. The van der Waals surface area contributed by atoms with Crippen LogP contribution in [-0.2, 0) is 4.79 Å². The molecule has 0 spiro atoms. The minimum Gasteiger partial charge on any atom is -0.480 e. The molecule has 1 unspecified atom stereocenters. The van der Waals surface area contributed by atoms with Gasteiger partial charge in [0.15, 0.2) is 0 Å². The van der Waals surface area contributed by atoms with E-state index in [0.717, 1.165) is 0 Å². The number of aliphatic carboxylic acids is 1. The minimum atomic E-state index is -1.13. The van der Waals surface area contributed by atoms with Crippen LogP contribution in [0.5, 0.6) is 0 Å². The first kappa shape index (κ1) is 9.31. The third-order valence-corrected chi connectivity index (χ3v) is 1.77. The Hall–Kier alpha value is -1.78. The summed E-state index contributed by atoms with van der Waals surface area (Å²) in [6.45, 7) is 1.43. The number of carboxylic acid groups (broad SMARTS) is 2. The van der Waals surface area contributed by atoms with Crippen molar-refractivity contribution in [2.75, 3.05) is 0 Å². The summed E-state index contributed by atoms with van der Waals surface area (Å²) in [5, 5.41) is 17.3. The van der Waals surface area contributed by atoms with Gasteiger partial charge in [0.2, 0.25) is 0 Å². The maximum atomic E-state index is 10.6. The number of hydrogen-bond donors (Lipinski definition) is 2. The van der Waals surface area contributed by atoms with Crippen molar-refractivity contribution in [2.45, 2.75) is 13.0 Å². The van der Waals surface area contributed by atoms with Crippen LogP contribution in [0.3, 0.4) is 0 Å².